The largest absolute Gasteiger partial charge is 0.497 e. The highest BCUT2D eigenvalue weighted by Crippen LogP contribution is 2.18. The lowest BCUT2D eigenvalue weighted by molar-refractivity contribution is 0.185. The molecule has 0 saturated carbocycles. The van der Waals surface area contributed by atoms with Gasteiger partial charge in [-0.2, -0.15) is 0 Å². The Morgan fingerprint density at radius 1 is 1.43 bits per heavy atom. The molecule has 0 aliphatic rings. The van der Waals surface area contributed by atoms with Crippen LogP contribution in [-0.2, 0) is 6.42 Å². The Labute approximate surface area is 85.5 Å². The number of rotatable bonds is 4. The second-order valence-electron chi connectivity index (χ2n) is 3.68. The Hall–Kier alpha value is -1.02. The summed E-state index contributed by atoms with van der Waals surface area (Å²) in [6, 6.07) is 6.05. The fourth-order valence-electron chi connectivity index (χ4n) is 1.44. The van der Waals surface area contributed by atoms with Crippen LogP contribution in [0.2, 0.25) is 0 Å². The van der Waals surface area contributed by atoms with Crippen molar-refractivity contribution in [2.75, 3.05) is 7.11 Å². The van der Waals surface area contributed by atoms with Gasteiger partial charge in [-0.05, 0) is 49.9 Å². The monoisotopic (exact) mass is 194 g/mol. The second-order valence-corrected chi connectivity index (χ2v) is 3.68. The average molecular weight is 194 g/mol. The third-order valence-electron chi connectivity index (χ3n) is 2.38. The number of hydrogen-bond acceptors (Lipinski definition) is 2. The molecule has 0 amide bonds. The molecule has 1 atom stereocenters. The number of methoxy groups -OCH3 is 1. The highest BCUT2D eigenvalue weighted by molar-refractivity contribution is 5.34. The Kier molecular flexibility index (Phi) is 3.96. The van der Waals surface area contributed by atoms with E-state index in [1.165, 1.54) is 11.1 Å². The van der Waals surface area contributed by atoms with E-state index >= 15 is 0 Å². The number of aliphatic hydroxyl groups is 1. The molecular formula is C12H18O2. The van der Waals surface area contributed by atoms with Gasteiger partial charge in [0.15, 0.2) is 0 Å². The van der Waals surface area contributed by atoms with Gasteiger partial charge in [-0.15, -0.1) is 0 Å². The zero-order chi connectivity index (χ0) is 10.6. The molecule has 78 valence electrons. The summed E-state index contributed by atoms with van der Waals surface area (Å²) in [4.78, 5) is 0. The summed E-state index contributed by atoms with van der Waals surface area (Å²) >= 11 is 0. The first kappa shape index (κ1) is 11.1. The SMILES string of the molecule is COc1ccc(CCC(C)O)c(C)c1. The van der Waals surface area contributed by atoms with Crippen molar-refractivity contribution in [1.29, 1.82) is 0 Å². The number of ether oxygens (including phenoxy) is 1. The lowest BCUT2D eigenvalue weighted by Crippen LogP contribution is -2.02. The number of aliphatic hydroxyl groups excluding tert-OH is 1. The molecule has 14 heavy (non-hydrogen) atoms. The molecule has 1 N–H and O–H groups in total. The van der Waals surface area contributed by atoms with Crippen LogP contribution in [0.5, 0.6) is 5.75 Å². The molecular weight excluding hydrogens is 176 g/mol. The van der Waals surface area contributed by atoms with Gasteiger partial charge >= 0.3 is 0 Å². The van der Waals surface area contributed by atoms with Crippen molar-refractivity contribution in [3.8, 4) is 5.75 Å². The van der Waals surface area contributed by atoms with E-state index in [1.807, 2.05) is 19.1 Å². The molecule has 1 aromatic rings. The van der Waals surface area contributed by atoms with Crippen LogP contribution in [0.25, 0.3) is 0 Å². The van der Waals surface area contributed by atoms with E-state index < -0.39 is 0 Å². The van der Waals surface area contributed by atoms with Gasteiger partial charge in [0, 0.05) is 0 Å². The highest BCUT2D eigenvalue weighted by Gasteiger charge is 2.02. The van der Waals surface area contributed by atoms with Crippen molar-refractivity contribution in [2.45, 2.75) is 32.8 Å². The molecule has 0 aromatic heterocycles. The van der Waals surface area contributed by atoms with E-state index in [1.54, 1.807) is 7.11 Å². The Balaban J connectivity index is 2.69. The molecule has 0 heterocycles. The lowest BCUT2D eigenvalue weighted by atomic mass is 10.0. The Morgan fingerprint density at radius 2 is 2.14 bits per heavy atom. The van der Waals surface area contributed by atoms with Crippen molar-refractivity contribution in [1.82, 2.24) is 0 Å². The predicted molar refractivity (Wildman–Crippen MR) is 57.7 cm³/mol. The quantitative estimate of drug-likeness (QED) is 0.797. The minimum Gasteiger partial charge on any atom is -0.497 e. The molecule has 0 aliphatic carbocycles. The van der Waals surface area contributed by atoms with Gasteiger partial charge in [-0.3, -0.25) is 0 Å². The summed E-state index contributed by atoms with van der Waals surface area (Å²) in [6.45, 7) is 3.89. The van der Waals surface area contributed by atoms with E-state index in [4.69, 9.17) is 4.74 Å². The van der Waals surface area contributed by atoms with E-state index in [2.05, 4.69) is 13.0 Å². The van der Waals surface area contributed by atoms with Gasteiger partial charge < -0.3 is 9.84 Å². The van der Waals surface area contributed by atoms with Gasteiger partial charge in [-0.1, -0.05) is 6.07 Å². The maximum absolute atomic E-state index is 9.18. The van der Waals surface area contributed by atoms with Gasteiger partial charge in [-0.25, -0.2) is 0 Å². The summed E-state index contributed by atoms with van der Waals surface area (Å²) in [5, 5.41) is 9.18. The summed E-state index contributed by atoms with van der Waals surface area (Å²) in [5.74, 6) is 0.892. The fourth-order valence-corrected chi connectivity index (χ4v) is 1.44. The van der Waals surface area contributed by atoms with Gasteiger partial charge in [0.05, 0.1) is 13.2 Å². The minimum atomic E-state index is -0.225. The summed E-state index contributed by atoms with van der Waals surface area (Å²) in [5.41, 5.74) is 2.51. The smallest absolute Gasteiger partial charge is 0.119 e. The highest BCUT2D eigenvalue weighted by atomic mass is 16.5. The van der Waals surface area contributed by atoms with Gasteiger partial charge in [0.25, 0.3) is 0 Å². The third kappa shape index (κ3) is 3.04. The fraction of sp³-hybridized carbons (Fsp3) is 0.500. The molecule has 0 fully saturated rings. The summed E-state index contributed by atoms with van der Waals surface area (Å²) in [6.07, 6.45) is 1.51. The molecule has 0 saturated heterocycles. The molecule has 1 unspecified atom stereocenters. The molecule has 0 spiro atoms. The van der Waals surface area contributed by atoms with Crippen molar-refractivity contribution in [3.63, 3.8) is 0 Å². The zero-order valence-electron chi connectivity index (χ0n) is 9.08. The van der Waals surface area contributed by atoms with Crippen LogP contribution >= 0.6 is 0 Å². The van der Waals surface area contributed by atoms with Gasteiger partial charge in [0.1, 0.15) is 5.75 Å². The van der Waals surface area contributed by atoms with Crippen molar-refractivity contribution in [2.24, 2.45) is 0 Å². The van der Waals surface area contributed by atoms with Crippen LogP contribution in [0.3, 0.4) is 0 Å². The molecule has 1 aromatic carbocycles. The van der Waals surface area contributed by atoms with Gasteiger partial charge in [0.2, 0.25) is 0 Å². The van der Waals surface area contributed by atoms with Crippen LogP contribution < -0.4 is 4.74 Å². The second kappa shape index (κ2) is 5.01. The molecule has 0 aliphatic heterocycles. The first-order chi connectivity index (χ1) is 6.63. The molecule has 2 heteroatoms. The summed E-state index contributed by atoms with van der Waals surface area (Å²) < 4.78 is 5.13. The number of hydrogen-bond donors (Lipinski definition) is 1. The van der Waals surface area contributed by atoms with Crippen LogP contribution in [0.15, 0.2) is 18.2 Å². The van der Waals surface area contributed by atoms with E-state index in [-0.39, 0.29) is 6.10 Å². The van der Waals surface area contributed by atoms with Crippen LogP contribution in [0, 0.1) is 6.92 Å². The topological polar surface area (TPSA) is 29.5 Å². The van der Waals surface area contributed by atoms with Crippen LogP contribution in [0.4, 0.5) is 0 Å². The van der Waals surface area contributed by atoms with E-state index in [9.17, 15) is 5.11 Å². The maximum atomic E-state index is 9.18. The lowest BCUT2D eigenvalue weighted by Gasteiger charge is -2.09. The van der Waals surface area contributed by atoms with E-state index in [0.29, 0.717) is 0 Å². The average Bonchev–Trinajstić information content (AvgIpc) is 2.15. The predicted octanol–water partition coefficient (Wildman–Crippen LogP) is 2.32. The van der Waals surface area contributed by atoms with Crippen molar-refractivity contribution in [3.05, 3.63) is 29.3 Å². The Morgan fingerprint density at radius 3 is 2.64 bits per heavy atom. The normalized spacial score (nSPS) is 12.6. The van der Waals surface area contributed by atoms with Crippen molar-refractivity contribution >= 4 is 0 Å². The first-order valence-corrected chi connectivity index (χ1v) is 4.95. The minimum absolute atomic E-state index is 0.225. The zero-order valence-corrected chi connectivity index (χ0v) is 9.08. The van der Waals surface area contributed by atoms with Crippen LogP contribution in [0.1, 0.15) is 24.5 Å². The third-order valence-corrected chi connectivity index (χ3v) is 2.38. The molecule has 0 radical (unpaired) electrons. The van der Waals surface area contributed by atoms with E-state index in [0.717, 1.165) is 18.6 Å². The number of aryl methyl sites for hydroxylation is 2. The van der Waals surface area contributed by atoms with Crippen LogP contribution in [-0.4, -0.2) is 18.3 Å². The standard InChI is InChI=1S/C12H18O2/c1-9-8-12(14-3)7-6-11(9)5-4-10(2)13/h6-8,10,13H,4-5H2,1-3H3. The summed E-state index contributed by atoms with van der Waals surface area (Å²) in [7, 11) is 1.67. The first-order valence-electron chi connectivity index (χ1n) is 4.95. The molecule has 0 bridgehead atoms. The maximum Gasteiger partial charge on any atom is 0.119 e. The number of benzene rings is 1. The van der Waals surface area contributed by atoms with Crippen molar-refractivity contribution < 1.29 is 9.84 Å². The Bertz CT molecular complexity index is 292. The molecule has 2 nitrogen and oxygen atoms in total. The molecule has 1 rings (SSSR count).